The molecule has 1 heterocycles. The summed E-state index contributed by atoms with van der Waals surface area (Å²) in [5.74, 6) is 0.826. The summed E-state index contributed by atoms with van der Waals surface area (Å²) in [6.07, 6.45) is 0. The van der Waals surface area contributed by atoms with Crippen molar-refractivity contribution >= 4 is 27.3 Å². The van der Waals surface area contributed by atoms with Crippen molar-refractivity contribution in [2.45, 2.75) is 33.1 Å². The van der Waals surface area contributed by atoms with E-state index in [1.54, 1.807) is 0 Å². The molecular weight excluding hydrogens is 312 g/mol. The Hall–Kier alpha value is -0.940. The van der Waals surface area contributed by atoms with Crippen LogP contribution in [0.3, 0.4) is 0 Å². The fourth-order valence-corrected chi connectivity index (χ4v) is 2.49. The molecule has 2 aromatic rings. The Morgan fingerprint density at radius 2 is 1.94 bits per heavy atom. The van der Waals surface area contributed by atoms with Gasteiger partial charge >= 0.3 is 0 Å². The number of nitrogens with zero attached hydrogens (tertiary/aromatic N) is 2. The van der Waals surface area contributed by atoms with Crippen LogP contribution >= 0.6 is 27.3 Å². The molecule has 0 radical (unpaired) electrons. The first-order chi connectivity index (χ1) is 8.36. The Morgan fingerprint density at radius 1 is 1.22 bits per heavy atom. The minimum atomic E-state index is 0.148. The minimum Gasteiger partial charge on any atom is -0.430 e. The van der Waals surface area contributed by atoms with Gasteiger partial charge in [-0.15, -0.1) is 5.10 Å². The molecular formula is C13H15BrN2OS. The molecule has 3 nitrogen and oxygen atoms in total. The highest BCUT2D eigenvalue weighted by atomic mass is 79.9. The fourth-order valence-electron chi connectivity index (χ4n) is 1.56. The SMILES string of the molecule is Cc1cc(C(C)(C)C)ccc1Oc1nnc(Br)s1. The summed E-state index contributed by atoms with van der Waals surface area (Å²) in [6, 6.07) is 6.25. The fraction of sp³-hybridized carbons (Fsp3) is 0.385. The predicted octanol–water partition coefficient (Wildman–Crippen LogP) is 4.70. The van der Waals surface area contributed by atoms with E-state index in [0.717, 1.165) is 15.2 Å². The molecule has 0 unspecified atom stereocenters. The van der Waals surface area contributed by atoms with E-state index in [4.69, 9.17) is 4.74 Å². The first-order valence-corrected chi connectivity index (χ1v) is 7.25. The van der Waals surface area contributed by atoms with Gasteiger partial charge < -0.3 is 4.74 Å². The molecule has 0 aliphatic rings. The molecule has 0 atom stereocenters. The van der Waals surface area contributed by atoms with Crippen molar-refractivity contribution in [2.24, 2.45) is 0 Å². The van der Waals surface area contributed by atoms with Crippen LogP contribution in [0.2, 0.25) is 0 Å². The van der Waals surface area contributed by atoms with Crippen LogP contribution in [0.15, 0.2) is 22.1 Å². The molecule has 0 aliphatic carbocycles. The van der Waals surface area contributed by atoms with Crippen molar-refractivity contribution in [3.8, 4) is 10.9 Å². The number of aromatic nitrogens is 2. The Balaban J connectivity index is 2.25. The van der Waals surface area contributed by atoms with Gasteiger partial charge in [-0.1, -0.05) is 38.0 Å². The first-order valence-electron chi connectivity index (χ1n) is 5.64. The van der Waals surface area contributed by atoms with Gasteiger partial charge in [-0.25, -0.2) is 0 Å². The van der Waals surface area contributed by atoms with Crippen LogP contribution in [0.4, 0.5) is 0 Å². The Labute approximate surface area is 119 Å². The van der Waals surface area contributed by atoms with E-state index in [9.17, 15) is 0 Å². The maximum absolute atomic E-state index is 5.71. The summed E-state index contributed by atoms with van der Waals surface area (Å²) in [6.45, 7) is 8.64. The molecule has 96 valence electrons. The number of ether oxygens (including phenoxy) is 1. The van der Waals surface area contributed by atoms with E-state index in [1.165, 1.54) is 16.9 Å². The van der Waals surface area contributed by atoms with Crippen LogP contribution in [0.1, 0.15) is 31.9 Å². The van der Waals surface area contributed by atoms with E-state index in [1.807, 2.05) is 13.0 Å². The molecule has 18 heavy (non-hydrogen) atoms. The topological polar surface area (TPSA) is 35.0 Å². The molecule has 5 heteroatoms. The van der Waals surface area contributed by atoms with Crippen LogP contribution < -0.4 is 4.74 Å². The van der Waals surface area contributed by atoms with Crippen molar-refractivity contribution in [1.82, 2.24) is 10.2 Å². The van der Waals surface area contributed by atoms with Gasteiger partial charge in [-0.3, -0.25) is 0 Å². The van der Waals surface area contributed by atoms with Crippen molar-refractivity contribution in [2.75, 3.05) is 0 Å². The third-order valence-corrected chi connectivity index (χ3v) is 3.85. The molecule has 0 saturated heterocycles. The lowest BCUT2D eigenvalue weighted by molar-refractivity contribution is 0.468. The predicted molar refractivity (Wildman–Crippen MR) is 77.6 cm³/mol. The summed E-state index contributed by atoms with van der Waals surface area (Å²) >= 11 is 4.64. The smallest absolute Gasteiger partial charge is 0.300 e. The summed E-state index contributed by atoms with van der Waals surface area (Å²) < 4.78 is 6.44. The molecule has 0 N–H and O–H groups in total. The second-order valence-corrected chi connectivity index (χ2v) is 7.37. The third-order valence-electron chi connectivity index (χ3n) is 2.62. The van der Waals surface area contributed by atoms with E-state index in [2.05, 4.69) is 59.0 Å². The molecule has 0 aliphatic heterocycles. The van der Waals surface area contributed by atoms with E-state index in [-0.39, 0.29) is 5.41 Å². The van der Waals surface area contributed by atoms with Gasteiger partial charge in [0.1, 0.15) is 5.75 Å². The van der Waals surface area contributed by atoms with Crippen LogP contribution in [-0.4, -0.2) is 10.2 Å². The molecule has 0 saturated carbocycles. The van der Waals surface area contributed by atoms with Crippen molar-refractivity contribution in [1.29, 1.82) is 0 Å². The van der Waals surface area contributed by atoms with Gasteiger partial charge in [0.05, 0.1) is 0 Å². The Kier molecular flexibility index (Phi) is 3.73. The highest BCUT2D eigenvalue weighted by Gasteiger charge is 2.15. The second kappa shape index (κ2) is 4.97. The van der Waals surface area contributed by atoms with Gasteiger partial charge in [0.15, 0.2) is 3.92 Å². The summed E-state index contributed by atoms with van der Waals surface area (Å²) in [7, 11) is 0. The van der Waals surface area contributed by atoms with Crippen LogP contribution in [0, 0.1) is 6.92 Å². The highest BCUT2D eigenvalue weighted by Crippen LogP contribution is 2.32. The average Bonchev–Trinajstić information content (AvgIpc) is 2.65. The van der Waals surface area contributed by atoms with Gasteiger partial charge in [0, 0.05) is 0 Å². The normalized spacial score (nSPS) is 11.6. The summed E-state index contributed by atoms with van der Waals surface area (Å²) in [5, 5.41) is 8.33. The Morgan fingerprint density at radius 3 is 2.44 bits per heavy atom. The summed E-state index contributed by atoms with van der Waals surface area (Å²) in [5.41, 5.74) is 2.55. The maximum atomic E-state index is 5.71. The largest absolute Gasteiger partial charge is 0.430 e. The molecule has 0 bridgehead atoms. The zero-order chi connectivity index (χ0) is 13.3. The average molecular weight is 327 g/mol. The standard InChI is InChI=1S/C13H15BrN2OS/c1-8-7-9(13(2,3)4)5-6-10(8)17-12-16-15-11(14)18-12/h5-7H,1-4H3. The van der Waals surface area contributed by atoms with E-state index in [0.29, 0.717) is 5.19 Å². The lowest BCUT2D eigenvalue weighted by Gasteiger charge is -2.20. The maximum Gasteiger partial charge on any atom is 0.300 e. The number of hydrogen-bond acceptors (Lipinski definition) is 4. The van der Waals surface area contributed by atoms with Gasteiger partial charge in [0.25, 0.3) is 5.19 Å². The third kappa shape index (κ3) is 3.09. The highest BCUT2D eigenvalue weighted by molar-refractivity contribution is 9.11. The Bertz CT molecular complexity index is 560. The number of benzene rings is 1. The number of aryl methyl sites for hydroxylation is 1. The first kappa shape index (κ1) is 13.5. The summed E-state index contributed by atoms with van der Waals surface area (Å²) in [4.78, 5) is 0. The number of halogens is 1. The van der Waals surface area contributed by atoms with E-state index >= 15 is 0 Å². The molecule has 2 rings (SSSR count). The zero-order valence-corrected chi connectivity index (χ0v) is 13.2. The van der Waals surface area contributed by atoms with E-state index < -0.39 is 0 Å². The van der Waals surface area contributed by atoms with Crippen molar-refractivity contribution < 1.29 is 4.74 Å². The van der Waals surface area contributed by atoms with Crippen molar-refractivity contribution in [3.63, 3.8) is 0 Å². The second-order valence-electron chi connectivity index (χ2n) is 5.15. The number of hydrogen-bond donors (Lipinski definition) is 0. The van der Waals surface area contributed by atoms with Crippen LogP contribution in [0.5, 0.6) is 10.9 Å². The van der Waals surface area contributed by atoms with Gasteiger partial charge in [-0.05, 0) is 56.8 Å². The van der Waals surface area contributed by atoms with Gasteiger partial charge in [-0.2, -0.15) is 0 Å². The van der Waals surface area contributed by atoms with Crippen LogP contribution in [-0.2, 0) is 5.41 Å². The lowest BCUT2D eigenvalue weighted by Crippen LogP contribution is -2.11. The lowest BCUT2D eigenvalue weighted by atomic mass is 9.86. The molecule has 0 spiro atoms. The number of rotatable bonds is 2. The molecule has 0 fully saturated rings. The minimum absolute atomic E-state index is 0.148. The molecule has 0 amide bonds. The molecule has 1 aromatic heterocycles. The quantitative estimate of drug-likeness (QED) is 0.802. The van der Waals surface area contributed by atoms with Crippen molar-refractivity contribution in [3.05, 3.63) is 33.2 Å². The van der Waals surface area contributed by atoms with Gasteiger partial charge in [0.2, 0.25) is 0 Å². The monoisotopic (exact) mass is 326 g/mol. The zero-order valence-electron chi connectivity index (χ0n) is 10.8. The van der Waals surface area contributed by atoms with Crippen LogP contribution in [0.25, 0.3) is 0 Å². The molecule has 1 aromatic carbocycles.